The average molecular weight is 399 g/mol. The average Bonchev–Trinajstić information content (AvgIpc) is 2.66. The number of methoxy groups -OCH3 is 2. The van der Waals surface area contributed by atoms with Gasteiger partial charge in [-0.3, -0.25) is 4.79 Å². The molecular formula is C21H35ClN2O3. The van der Waals surface area contributed by atoms with Crippen LogP contribution in [0.25, 0.3) is 0 Å². The van der Waals surface area contributed by atoms with Crippen LogP contribution >= 0.6 is 12.4 Å². The molecule has 2 rings (SSSR count). The minimum atomic E-state index is -0.190. The molecule has 0 saturated carbocycles. The summed E-state index contributed by atoms with van der Waals surface area (Å²) in [5.74, 6) is 2.57. The number of nitrogens with one attached hydrogen (secondary N) is 2. The smallest absolute Gasteiger partial charge is 0.220 e. The van der Waals surface area contributed by atoms with Crippen molar-refractivity contribution >= 4 is 18.3 Å². The summed E-state index contributed by atoms with van der Waals surface area (Å²) in [4.78, 5) is 12.4. The topological polar surface area (TPSA) is 59.6 Å². The van der Waals surface area contributed by atoms with Gasteiger partial charge < -0.3 is 20.1 Å². The highest BCUT2D eigenvalue weighted by molar-refractivity contribution is 5.85. The second-order valence-corrected chi connectivity index (χ2v) is 8.02. The Labute approximate surface area is 170 Å². The fourth-order valence-corrected chi connectivity index (χ4v) is 3.57. The van der Waals surface area contributed by atoms with E-state index in [4.69, 9.17) is 9.47 Å². The van der Waals surface area contributed by atoms with Crippen molar-refractivity contribution < 1.29 is 14.3 Å². The molecule has 0 spiro atoms. The summed E-state index contributed by atoms with van der Waals surface area (Å²) in [6.07, 6.45) is 3.02. The van der Waals surface area contributed by atoms with Crippen molar-refractivity contribution in [2.75, 3.05) is 33.9 Å². The van der Waals surface area contributed by atoms with E-state index in [1.807, 2.05) is 18.2 Å². The zero-order chi connectivity index (χ0) is 19.2. The number of carbonyl (C=O) groups excluding carboxylic acids is 1. The molecule has 5 nitrogen and oxygen atoms in total. The Morgan fingerprint density at radius 2 is 2.00 bits per heavy atom. The van der Waals surface area contributed by atoms with Gasteiger partial charge in [0, 0.05) is 18.4 Å². The predicted molar refractivity (Wildman–Crippen MR) is 112 cm³/mol. The molecule has 0 bridgehead atoms. The minimum absolute atomic E-state index is 0. The van der Waals surface area contributed by atoms with Gasteiger partial charge in [-0.15, -0.1) is 12.4 Å². The highest BCUT2D eigenvalue weighted by atomic mass is 35.5. The normalized spacial score (nSPS) is 18.2. The first kappa shape index (κ1) is 23.6. The second-order valence-electron chi connectivity index (χ2n) is 8.02. The number of piperidine rings is 1. The van der Waals surface area contributed by atoms with Crippen LogP contribution in [-0.2, 0) is 10.2 Å². The van der Waals surface area contributed by atoms with Crippen LogP contribution in [0.5, 0.6) is 11.5 Å². The van der Waals surface area contributed by atoms with Crippen LogP contribution < -0.4 is 20.1 Å². The van der Waals surface area contributed by atoms with Gasteiger partial charge >= 0.3 is 0 Å². The van der Waals surface area contributed by atoms with E-state index >= 15 is 0 Å². The molecule has 0 radical (unpaired) electrons. The number of carbonyl (C=O) groups is 1. The number of hydrogen-bond acceptors (Lipinski definition) is 4. The van der Waals surface area contributed by atoms with E-state index in [-0.39, 0.29) is 23.7 Å². The number of halogens is 1. The maximum Gasteiger partial charge on any atom is 0.220 e. The predicted octanol–water partition coefficient (Wildman–Crippen LogP) is 3.55. The highest BCUT2D eigenvalue weighted by Gasteiger charge is 2.25. The summed E-state index contributed by atoms with van der Waals surface area (Å²) in [5, 5.41) is 6.56. The summed E-state index contributed by atoms with van der Waals surface area (Å²) >= 11 is 0. The first-order valence-electron chi connectivity index (χ1n) is 9.57. The molecule has 1 aliphatic heterocycles. The highest BCUT2D eigenvalue weighted by Crippen LogP contribution is 2.33. The minimum Gasteiger partial charge on any atom is -0.493 e. The second kappa shape index (κ2) is 10.8. The van der Waals surface area contributed by atoms with E-state index in [1.54, 1.807) is 14.2 Å². The fourth-order valence-electron chi connectivity index (χ4n) is 3.57. The van der Waals surface area contributed by atoms with Gasteiger partial charge in [0.25, 0.3) is 0 Å². The third kappa shape index (κ3) is 6.58. The molecular weight excluding hydrogens is 364 g/mol. The Kier molecular flexibility index (Phi) is 9.40. The van der Waals surface area contributed by atoms with Gasteiger partial charge in [0.15, 0.2) is 11.5 Å². The van der Waals surface area contributed by atoms with E-state index in [2.05, 4.69) is 31.4 Å². The molecule has 1 heterocycles. The molecule has 27 heavy (non-hydrogen) atoms. The number of ether oxygens (including phenoxy) is 2. The van der Waals surface area contributed by atoms with E-state index in [1.165, 1.54) is 12.8 Å². The molecule has 1 amide bonds. The summed E-state index contributed by atoms with van der Waals surface area (Å²) < 4.78 is 10.7. The lowest BCUT2D eigenvalue weighted by atomic mass is 9.83. The molecule has 1 aromatic carbocycles. The van der Waals surface area contributed by atoms with Crippen LogP contribution in [0.4, 0.5) is 0 Å². The van der Waals surface area contributed by atoms with Gasteiger partial charge in [-0.05, 0) is 55.5 Å². The van der Waals surface area contributed by atoms with Crippen molar-refractivity contribution in [1.82, 2.24) is 10.6 Å². The van der Waals surface area contributed by atoms with E-state index < -0.39 is 0 Å². The zero-order valence-electron chi connectivity index (χ0n) is 17.3. The standard InChI is InChI=1S/C21H34N2O3.ClH/c1-15(16-7-6-10-22-13-16)11-20(24)23-14-21(2,3)17-8-9-18(25-4)19(12-17)26-5;/h8-9,12,15-16,22H,6-7,10-11,13-14H2,1-5H3,(H,23,24);1H. The molecule has 1 aromatic rings. The Hall–Kier alpha value is -1.46. The van der Waals surface area contributed by atoms with Gasteiger partial charge in [0.1, 0.15) is 0 Å². The van der Waals surface area contributed by atoms with E-state index in [0.717, 1.165) is 18.7 Å². The molecule has 1 fully saturated rings. The lowest BCUT2D eigenvalue weighted by Crippen LogP contribution is -2.39. The number of rotatable bonds is 8. The third-order valence-electron chi connectivity index (χ3n) is 5.54. The quantitative estimate of drug-likeness (QED) is 0.703. The van der Waals surface area contributed by atoms with Gasteiger partial charge in [-0.2, -0.15) is 0 Å². The summed E-state index contributed by atoms with van der Waals surface area (Å²) in [6, 6.07) is 5.93. The Morgan fingerprint density at radius 1 is 1.30 bits per heavy atom. The van der Waals surface area contributed by atoms with Crippen LogP contribution in [0.15, 0.2) is 18.2 Å². The van der Waals surface area contributed by atoms with E-state index in [9.17, 15) is 4.79 Å². The van der Waals surface area contributed by atoms with Crippen molar-refractivity contribution in [1.29, 1.82) is 0 Å². The number of hydrogen-bond donors (Lipinski definition) is 2. The molecule has 0 aromatic heterocycles. The summed E-state index contributed by atoms with van der Waals surface area (Å²) in [5.41, 5.74) is 0.921. The lowest BCUT2D eigenvalue weighted by molar-refractivity contribution is -0.122. The van der Waals surface area contributed by atoms with Crippen molar-refractivity contribution in [3.8, 4) is 11.5 Å². The molecule has 1 aliphatic rings. The van der Waals surface area contributed by atoms with Gasteiger partial charge in [-0.1, -0.05) is 26.8 Å². The van der Waals surface area contributed by atoms with Crippen LogP contribution in [0.3, 0.4) is 0 Å². The Balaban J connectivity index is 0.00000364. The van der Waals surface area contributed by atoms with Crippen LogP contribution in [0.1, 0.15) is 45.6 Å². The monoisotopic (exact) mass is 398 g/mol. The van der Waals surface area contributed by atoms with Crippen molar-refractivity contribution in [2.24, 2.45) is 11.8 Å². The molecule has 2 unspecified atom stereocenters. The van der Waals surface area contributed by atoms with Crippen LogP contribution in [0, 0.1) is 11.8 Å². The first-order chi connectivity index (χ1) is 12.4. The van der Waals surface area contributed by atoms with Crippen molar-refractivity contribution in [3.63, 3.8) is 0 Å². The SMILES string of the molecule is COc1ccc(C(C)(C)CNC(=O)CC(C)C2CCCNC2)cc1OC.Cl. The Bertz CT molecular complexity index is 601. The first-order valence-corrected chi connectivity index (χ1v) is 9.57. The molecule has 1 saturated heterocycles. The number of benzene rings is 1. The molecule has 6 heteroatoms. The molecule has 2 N–H and O–H groups in total. The van der Waals surface area contributed by atoms with Crippen molar-refractivity contribution in [3.05, 3.63) is 23.8 Å². The third-order valence-corrected chi connectivity index (χ3v) is 5.54. The van der Waals surface area contributed by atoms with Gasteiger partial charge in [-0.25, -0.2) is 0 Å². The zero-order valence-corrected chi connectivity index (χ0v) is 18.1. The lowest BCUT2D eigenvalue weighted by Gasteiger charge is -2.29. The Morgan fingerprint density at radius 3 is 2.59 bits per heavy atom. The molecule has 154 valence electrons. The van der Waals surface area contributed by atoms with Gasteiger partial charge in [0.05, 0.1) is 14.2 Å². The van der Waals surface area contributed by atoms with E-state index in [0.29, 0.717) is 36.3 Å². The van der Waals surface area contributed by atoms with Gasteiger partial charge in [0.2, 0.25) is 5.91 Å². The maximum atomic E-state index is 12.4. The van der Waals surface area contributed by atoms with Crippen LogP contribution in [-0.4, -0.2) is 39.8 Å². The van der Waals surface area contributed by atoms with Crippen molar-refractivity contribution in [2.45, 2.75) is 45.4 Å². The summed E-state index contributed by atoms with van der Waals surface area (Å²) in [6.45, 7) is 9.18. The molecule has 2 atom stereocenters. The number of amides is 1. The maximum absolute atomic E-state index is 12.4. The fraction of sp³-hybridized carbons (Fsp3) is 0.667. The van der Waals surface area contributed by atoms with Crippen LogP contribution in [0.2, 0.25) is 0 Å². The largest absolute Gasteiger partial charge is 0.493 e. The molecule has 0 aliphatic carbocycles. The summed E-state index contributed by atoms with van der Waals surface area (Å²) in [7, 11) is 3.27.